The smallest absolute Gasteiger partial charge is 0.261 e. The van der Waals surface area contributed by atoms with Crippen LogP contribution in [0, 0.1) is 6.92 Å². The summed E-state index contributed by atoms with van der Waals surface area (Å²) in [5.41, 5.74) is 2.01. The molecule has 0 saturated carbocycles. The van der Waals surface area contributed by atoms with Crippen LogP contribution in [0.25, 0.3) is 0 Å². The maximum Gasteiger partial charge on any atom is 0.261 e. The van der Waals surface area contributed by atoms with Crippen LogP contribution >= 0.6 is 0 Å². The summed E-state index contributed by atoms with van der Waals surface area (Å²) in [7, 11) is 0.0744. The molecule has 2 N–H and O–H groups in total. The zero-order valence-corrected chi connectivity index (χ0v) is 19.9. The van der Waals surface area contributed by atoms with Gasteiger partial charge < -0.3 is 15.0 Å². The van der Waals surface area contributed by atoms with Gasteiger partial charge in [0.25, 0.3) is 10.0 Å². The number of nitrogens with one attached hydrogen (secondary N) is 2. The van der Waals surface area contributed by atoms with E-state index in [-0.39, 0.29) is 4.90 Å². The van der Waals surface area contributed by atoms with Crippen molar-refractivity contribution >= 4 is 33.2 Å². The maximum atomic E-state index is 12.8. The van der Waals surface area contributed by atoms with Gasteiger partial charge in [0, 0.05) is 37.2 Å². The van der Waals surface area contributed by atoms with E-state index in [4.69, 9.17) is 4.74 Å². The molecule has 8 nitrogen and oxygen atoms in total. The van der Waals surface area contributed by atoms with E-state index in [9.17, 15) is 8.42 Å². The summed E-state index contributed by atoms with van der Waals surface area (Å²) in [5.74, 6) is 2.49. The van der Waals surface area contributed by atoms with Gasteiger partial charge in [-0.25, -0.2) is 13.4 Å². The normalized spacial score (nSPS) is 11.0. The third-order valence-corrected chi connectivity index (χ3v) is 6.20. The van der Waals surface area contributed by atoms with Crippen LogP contribution in [0.5, 0.6) is 11.5 Å². The summed E-state index contributed by atoms with van der Waals surface area (Å²) < 4.78 is 33.9. The van der Waals surface area contributed by atoms with E-state index >= 15 is 0 Å². The third-order valence-electron chi connectivity index (χ3n) is 4.81. The van der Waals surface area contributed by atoms with Gasteiger partial charge in [0.1, 0.15) is 17.3 Å². The van der Waals surface area contributed by atoms with E-state index < -0.39 is 10.0 Å². The lowest BCUT2D eigenvalue weighted by Crippen LogP contribution is -2.13. The molecule has 0 aliphatic rings. The molecule has 1 heterocycles. The number of sulfonamides is 1. The topological polar surface area (TPSA) is 96.5 Å². The second kappa shape index (κ2) is 9.80. The first-order valence-corrected chi connectivity index (χ1v) is 12.0. The summed E-state index contributed by atoms with van der Waals surface area (Å²) in [6, 6.07) is 24.3. The number of hydrogen-bond donors (Lipinski definition) is 2. The zero-order valence-electron chi connectivity index (χ0n) is 19.1. The SMILES string of the molecule is Cc1cc(N(C)C)nc(Nc2ccc(NS(=O)(=O)c3ccc(Oc4ccccc4)cc3)cc2)n1. The quantitative estimate of drug-likeness (QED) is 0.362. The Morgan fingerprint density at radius 3 is 2.06 bits per heavy atom. The zero-order chi connectivity index (χ0) is 24.1. The molecule has 174 valence electrons. The molecule has 1 aromatic heterocycles. The molecular formula is C25H25N5O3S. The highest BCUT2D eigenvalue weighted by molar-refractivity contribution is 7.92. The van der Waals surface area contributed by atoms with Crippen LogP contribution < -0.4 is 19.7 Å². The highest BCUT2D eigenvalue weighted by Crippen LogP contribution is 2.25. The molecule has 9 heteroatoms. The lowest BCUT2D eigenvalue weighted by atomic mass is 10.3. The largest absolute Gasteiger partial charge is 0.457 e. The summed E-state index contributed by atoms with van der Waals surface area (Å²) in [4.78, 5) is 10.9. The van der Waals surface area contributed by atoms with Crippen molar-refractivity contribution in [1.82, 2.24) is 9.97 Å². The fourth-order valence-electron chi connectivity index (χ4n) is 3.11. The Morgan fingerprint density at radius 2 is 1.41 bits per heavy atom. The van der Waals surface area contributed by atoms with Crippen LogP contribution in [0.4, 0.5) is 23.1 Å². The van der Waals surface area contributed by atoms with E-state index in [1.807, 2.05) is 62.3 Å². The Bertz CT molecular complexity index is 1360. The van der Waals surface area contributed by atoms with Gasteiger partial charge in [-0.3, -0.25) is 4.72 Å². The molecule has 4 rings (SSSR count). The van der Waals surface area contributed by atoms with Crippen LogP contribution in [-0.4, -0.2) is 32.5 Å². The third kappa shape index (κ3) is 5.81. The second-order valence-corrected chi connectivity index (χ2v) is 9.46. The molecule has 34 heavy (non-hydrogen) atoms. The highest BCUT2D eigenvalue weighted by Gasteiger charge is 2.14. The number of aromatic nitrogens is 2. The molecule has 0 radical (unpaired) electrons. The fraction of sp³-hybridized carbons (Fsp3) is 0.120. The van der Waals surface area contributed by atoms with Crippen molar-refractivity contribution in [3.05, 3.63) is 90.6 Å². The van der Waals surface area contributed by atoms with E-state index in [2.05, 4.69) is 20.0 Å². The average molecular weight is 476 g/mol. The molecule has 0 spiro atoms. The van der Waals surface area contributed by atoms with Crippen LogP contribution in [-0.2, 0) is 10.0 Å². The van der Waals surface area contributed by atoms with Gasteiger partial charge in [0.15, 0.2) is 0 Å². The molecule has 3 aromatic carbocycles. The number of nitrogens with zero attached hydrogens (tertiary/aromatic N) is 3. The standard InChI is InChI=1S/C25H25N5O3S/c1-18-17-24(30(2)3)28-25(26-18)27-19-9-11-20(12-10-19)29-34(31,32)23-15-13-22(14-16-23)33-21-7-5-4-6-8-21/h4-17,29H,1-3H3,(H,26,27,28). The van der Waals surface area contributed by atoms with Crippen molar-refractivity contribution in [1.29, 1.82) is 0 Å². The Labute approximate surface area is 199 Å². The molecule has 0 bridgehead atoms. The molecule has 0 saturated heterocycles. The summed E-state index contributed by atoms with van der Waals surface area (Å²) in [6.45, 7) is 1.90. The lowest BCUT2D eigenvalue weighted by Gasteiger charge is -2.14. The van der Waals surface area contributed by atoms with Gasteiger partial charge in [-0.2, -0.15) is 4.98 Å². The Kier molecular flexibility index (Phi) is 6.65. The Balaban J connectivity index is 1.42. The summed E-state index contributed by atoms with van der Waals surface area (Å²) in [6.07, 6.45) is 0. The van der Waals surface area contributed by atoms with E-state index in [0.29, 0.717) is 23.1 Å². The average Bonchev–Trinajstić information content (AvgIpc) is 2.81. The molecule has 0 unspecified atom stereocenters. The molecular weight excluding hydrogens is 450 g/mol. The minimum Gasteiger partial charge on any atom is -0.457 e. The van der Waals surface area contributed by atoms with Gasteiger partial charge in [-0.05, 0) is 67.6 Å². The van der Waals surface area contributed by atoms with Crippen LogP contribution in [0.3, 0.4) is 0 Å². The van der Waals surface area contributed by atoms with Gasteiger partial charge >= 0.3 is 0 Å². The lowest BCUT2D eigenvalue weighted by molar-refractivity contribution is 0.482. The van der Waals surface area contributed by atoms with Gasteiger partial charge in [-0.15, -0.1) is 0 Å². The van der Waals surface area contributed by atoms with Crippen LogP contribution in [0.1, 0.15) is 5.69 Å². The molecule has 0 amide bonds. The number of benzene rings is 3. The van der Waals surface area contributed by atoms with Crippen molar-refractivity contribution in [2.45, 2.75) is 11.8 Å². The Hall–Kier alpha value is -4.11. The van der Waals surface area contributed by atoms with E-state index in [0.717, 1.165) is 17.2 Å². The van der Waals surface area contributed by atoms with E-state index in [1.165, 1.54) is 12.1 Å². The van der Waals surface area contributed by atoms with Crippen molar-refractivity contribution < 1.29 is 13.2 Å². The molecule has 0 atom stereocenters. The molecule has 0 aliphatic heterocycles. The maximum absolute atomic E-state index is 12.8. The molecule has 0 fully saturated rings. The Morgan fingerprint density at radius 1 is 0.794 bits per heavy atom. The van der Waals surface area contributed by atoms with Crippen molar-refractivity contribution in [3.8, 4) is 11.5 Å². The minimum absolute atomic E-state index is 0.138. The van der Waals surface area contributed by atoms with Crippen LogP contribution in [0.2, 0.25) is 0 Å². The number of rotatable bonds is 8. The molecule has 4 aromatic rings. The van der Waals surface area contributed by atoms with E-state index in [1.54, 1.807) is 36.4 Å². The summed E-state index contributed by atoms with van der Waals surface area (Å²) in [5, 5.41) is 3.15. The van der Waals surface area contributed by atoms with Crippen molar-refractivity contribution in [2.75, 3.05) is 29.0 Å². The minimum atomic E-state index is -3.75. The first kappa shape index (κ1) is 23.1. The number of hydrogen-bond acceptors (Lipinski definition) is 7. The summed E-state index contributed by atoms with van der Waals surface area (Å²) >= 11 is 0. The number of anilines is 4. The van der Waals surface area contributed by atoms with Crippen LogP contribution in [0.15, 0.2) is 89.8 Å². The predicted octanol–water partition coefficient (Wildman–Crippen LogP) is 5.19. The van der Waals surface area contributed by atoms with Gasteiger partial charge in [-0.1, -0.05) is 18.2 Å². The van der Waals surface area contributed by atoms with Crippen molar-refractivity contribution in [3.63, 3.8) is 0 Å². The highest BCUT2D eigenvalue weighted by atomic mass is 32.2. The van der Waals surface area contributed by atoms with Gasteiger partial charge in [0.05, 0.1) is 4.90 Å². The first-order chi connectivity index (χ1) is 16.3. The molecule has 0 aliphatic carbocycles. The second-order valence-electron chi connectivity index (χ2n) is 7.78. The number of ether oxygens (including phenoxy) is 1. The number of aryl methyl sites for hydroxylation is 1. The predicted molar refractivity (Wildman–Crippen MR) is 135 cm³/mol. The first-order valence-electron chi connectivity index (χ1n) is 10.5. The fourth-order valence-corrected chi connectivity index (χ4v) is 4.17. The van der Waals surface area contributed by atoms with Crippen molar-refractivity contribution in [2.24, 2.45) is 0 Å². The number of para-hydroxylation sites is 1. The monoisotopic (exact) mass is 475 g/mol. The van der Waals surface area contributed by atoms with Gasteiger partial charge in [0.2, 0.25) is 5.95 Å².